The van der Waals surface area contributed by atoms with Crippen LogP contribution in [0.2, 0.25) is 0 Å². The van der Waals surface area contributed by atoms with E-state index in [-0.39, 0.29) is 6.79 Å². The number of benzene rings is 1. The number of carbonyl (C=O) groups is 1. The molecule has 1 aromatic heterocycles. The molecule has 0 bridgehead atoms. The maximum atomic E-state index is 10.7. The molecule has 5 nitrogen and oxygen atoms in total. The molecule has 0 unspecified atom stereocenters. The first-order chi connectivity index (χ1) is 9.26. The van der Waals surface area contributed by atoms with Crippen molar-refractivity contribution in [2.24, 2.45) is 0 Å². The number of ether oxygens (including phenoxy) is 3. The molecule has 0 aliphatic carbocycles. The highest BCUT2D eigenvalue weighted by atomic mass is 16.7. The Morgan fingerprint density at radius 2 is 2.05 bits per heavy atom. The van der Waals surface area contributed by atoms with Crippen molar-refractivity contribution in [2.75, 3.05) is 6.79 Å². The molecule has 0 saturated carbocycles. The summed E-state index contributed by atoms with van der Waals surface area (Å²) in [7, 11) is 0. The van der Waals surface area contributed by atoms with Gasteiger partial charge in [-0.15, -0.1) is 0 Å². The second-order valence-corrected chi connectivity index (χ2v) is 4.06. The predicted octanol–water partition coefficient (Wildman–Crippen LogP) is 2.72. The van der Waals surface area contributed by atoms with E-state index in [1.807, 2.05) is 0 Å². The molecule has 0 amide bonds. The van der Waals surface area contributed by atoms with Crippen molar-refractivity contribution in [3.63, 3.8) is 0 Å². The van der Waals surface area contributed by atoms with E-state index in [2.05, 4.69) is 4.98 Å². The fourth-order valence-corrected chi connectivity index (χ4v) is 1.79. The molecule has 1 aromatic carbocycles. The number of hydrogen-bond donors (Lipinski definition) is 0. The lowest BCUT2D eigenvalue weighted by atomic mass is 10.2. The van der Waals surface area contributed by atoms with E-state index >= 15 is 0 Å². The summed E-state index contributed by atoms with van der Waals surface area (Å²) >= 11 is 0. The lowest BCUT2D eigenvalue weighted by molar-refractivity contribution is 0.112. The topological polar surface area (TPSA) is 57.6 Å². The molecule has 2 heterocycles. The smallest absolute Gasteiger partial charge is 0.231 e. The van der Waals surface area contributed by atoms with Crippen molar-refractivity contribution in [1.82, 2.24) is 4.98 Å². The van der Waals surface area contributed by atoms with Crippen LogP contribution in [-0.2, 0) is 0 Å². The minimum atomic E-state index is 0.226. The van der Waals surface area contributed by atoms with Gasteiger partial charge in [-0.1, -0.05) is 0 Å². The van der Waals surface area contributed by atoms with Crippen molar-refractivity contribution in [3.8, 4) is 23.1 Å². The van der Waals surface area contributed by atoms with E-state index in [0.29, 0.717) is 34.4 Å². The van der Waals surface area contributed by atoms with Crippen LogP contribution >= 0.6 is 0 Å². The highest BCUT2D eigenvalue weighted by Gasteiger charge is 2.14. The summed E-state index contributed by atoms with van der Waals surface area (Å²) in [6.07, 6.45) is 0.771. The van der Waals surface area contributed by atoms with E-state index in [0.717, 1.165) is 6.29 Å². The molecule has 0 atom stereocenters. The van der Waals surface area contributed by atoms with Gasteiger partial charge in [-0.05, 0) is 25.1 Å². The van der Waals surface area contributed by atoms with Gasteiger partial charge in [0, 0.05) is 17.7 Å². The number of pyridine rings is 1. The molecule has 5 heteroatoms. The van der Waals surface area contributed by atoms with Crippen molar-refractivity contribution >= 4 is 6.29 Å². The maximum Gasteiger partial charge on any atom is 0.231 e. The van der Waals surface area contributed by atoms with Crippen LogP contribution < -0.4 is 14.2 Å². The van der Waals surface area contributed by atoms with Gasteiger partial charge in [0.15, 0.2) is 17.8 Å². The molecule has 19 heavy (non-hydrogen) atoms. The average Bonchev–Trinajstić information content (AvgIpc) is 2.86. The third-order valence-electron chi connectivity index (χ3n) is 2.79. The molecular weight excluding hydrogens is 246 g/mol. The van der Waals surface area contributed by atoms with E-state index in [9.17, 15) is 4.79 Å². The summed E-state index contributed by atoms with van der Waals surface area (Å²) in [5.74, 6) is 2.39. The second-order valence-electron chi connectivity index (χ2n) is 4.06. The summed E-state index contributed by atoms with van der Waals surface area (Å²) in [6, 6.07) is 8.63. The highest BCUT2D eigenvalue weighted by molar-refractivity contribution is 5.76. The number of hydrogen-bond acceptors (Lipinski definition) is 5. The first kappa shape index (κ1) is 11.5. The summed E-state index contributed by atoms with van der Waals surface area (Å²) in [6.45, 7) is 1.99. The molecule has 1 aliphatic heterocycles. The van der Waals surface area contributed by atoms with E-state index in [1.165, 1.54) is 0 Å². The molecule has 0 saturated heterocycles. The van der Waals surface area contributed by atoms with Crippen LogP contribution in [0.1, 0.15) is 16.1 Å². The lowest BCUT2D eigenvalue weighted by Gasteiger charge is -2.07. The predicted molar refractivity (Wildman–Crippen MR) is 67.0 cm³/mol. The van der Waals surface area contributed by atoms with E-state index in [4.69, 9.17) is 14.2 Å². The number of aryl methyl sites for hydroxylation is 1. The first-order valence-electron chi connectivity index (χ1n) is 5.76. The van der Waals surface area contributed by atoms with Gasteiger partial charge in [-0.3, -0.25) is 4.79 Å². The third-order valence-corrected chi connectivity index (χ3v) is 2.79. The molecule has 0 fully saturated rings. The van der Waals surface area contributed by atoms with Gasteiger partial charge in [0.2, 0.25) is 12.7 Å². The molecule has 1 aliphatic rings. The Kier molecular flexibility index (Phi) is 2.79. The third kappa shape index (κ3) is 2.22. The first-order valence-corrected chi connectivity index (χ1v) is 5.76. The Hall–Kier alpha value is -2.56. The Bertz CT molecular complexity index is 639. The quantitative estimate of drug-likeness (QED) is 0.791. The van der Waals surface area contributed by atoms with Crippen LogP contribution in [0.5, 0.6) is 23.1 Å². The molecule has 2 aromatic rings. The Labute approximate surface area is 109 Å². The zero-order chi connectivity index (χ0) is 13.2. The molecule has 3 rings (SSSR count). The van der Waals surface area contributed by atoms with E-state index < -0.39 is 0 Å². The number of fused-ring (bicyclic) bond motifs is 1. The highest BCUT2D eigenvalue weighted by Crippen LogP contribution is 2.36. The molecular formula is C14H11NO4. The van der Waals surface area contributed by atoms with Gasteiger partial charge in [-0.2, -0.15) is 0 Å². The summed E-state index contributed by atoms with van der Waals surface area (Å²) < 4.78 is 16.1. The molecule has 0 radical (unpaired) electrons. The van der Waals surface area contributed by atoms with Crippen LogP contribution in [0.4, 0.5) is 0 Å². The largest absolute Gasteiger partial charge is 0.454 e. The van der Waals surface area contributed by atoms with Crippen LogP contribution in [0.3, 0.4) is 0 Å². The van der Waals surface area contributed by atoms with Crippen molar-refractivity contribution in [1.29, 1.82) is 0 Å². The average molecular weight is 257 g/mol. The van der Waals surface area contributed by atoms with Crippen LogP contribution in [0.25, 0.3) is 0 Å². The number of nitrogens with zero attached hydrogens (tertiary/aromatic N) is 1. The van der Waals surface area contributed by atoms with Gasteiger partial charge in [-0.25, -0.2) is 4.98 Å². The van der Waals surface area contributed by atoms with Crippen molar-refractivity contribution in [3.05, 3.63) is 41.6 Å². The number of carbonyl (C=O) groups excluding carboxylic acids is 1. The summed E-state index contributed by atoms with van der Waals surface area (Å²) in [4.78, 5) is 14.9. The van der Waals surface area contributed by atoms with Crippen LogP contribution in [0.15, 0.2) is 30.3 Å². The Balaban J connectivity index is 1.85. The molecule has 96 valence electrons. The minimum absolute atomic E-state index is 0.226. The number of rotatable bonds is 3. The number of aldehydes is 1. The zero-order valence-electron chi connectivity index (χ0n) is 10.3. The second kappa shape index (κ2) is 4.61. The van der Waals surface area contributed by atoms with Crippen LogP contribution in [0, 0.1) is 6.92 Å². The fourth-order valence-electron chi connectivity index (χ4n) is 1.79. The Morgan fingerprint density at radius 3 is 2.84 bits per heavy atom. The van der Waals surface area contributed by atoms with Gasteiger partial charge in [0.25, 0.3) is 0 Å². The minimum Gasteiger partial charge on any atom is -0.454 e. The lowest BCUT2D eigenvalue weighted by Crippen LogP contribution is -1.94. The SMILES string of the molecule is Cc1nc(Oc2ccc3c(c2)OCO3)ccc1C=O. The van der Waals surface area contributed by atoms with Gasteiger partial charge in [0.1, 0.15) is 5.75 Å². The van der Waals surface area contributed by atoms with Crippen LogP contribution in [-0.4, -0.2) is 18.1 Å². The zero-order valence-corrected chi connectivity index (χ0v) is 10.3. The maximum absolute atomic E-state index is 10.7. The van der Waals surface area contributed by atoms with Gasteiger partial charge < -0.3 is 14.2 Å². The molecule has 0 spiro atoms. The van der Waals surface area contributed by atoms with Gasteiger partial charge in [0.05, 0.1) is 5.69 Å². The standard InChI is InChI=1S/C14H11NO4/c1-9-10(7-16)2-5-14(15-9)19-11-3-4-12-13(6-11)18-8-17-12/h2-7H,8H2,1H3. The monoisotopic (exact) mass is 257 g/mol. The normalized spacial score (nSPS) is 12.3. The van der Waals surface area contributed by atoms with E-state index in [1.54, 1.807) is 37.3 Å². The molecule has 0 N–H and O–H groups in total. The Morgan fingerprint density at radius 1 is 1.21 bits per heavy atom. The number of aromatic nitrogens is 1. The summed E-state index contributed by atoms with van der Waals surface area (Å²) in [5, 5.41) is 0. The van der Waals surface area contributed by atoms with Gasteiger partial charge >= 0.3 is 0 Å². The fraction of sp³-hybridized carbons (Fsp3) is 0.143. The van der Waals surface area contributed by atoms with Crippen molar-refractivity contribution in [2.45, 2.75) is 6.92 Å². The van der Waals surface area contributed by atoms with Crippen molar-refractivity contribution < 1.29 is 19.0 Å². The summed E-state index contributed by atoms with van der Waals surface area (Å²) in [5.41, 5.74) is 1.19.